The van der Waals surface area contributed by atoms with Crippen molar-refractivity contribution >= 4 is 5.91 Å². The summed E-state index contributed by atoms with van der Waals surface area (Å²) in [5, 5.41) is 5.77. The Bertz CT molecular complexity index is 424. The molecule has 6 heteroatoms. The van der Waals surface area contributed by atoms with E-state index in [1.165, 1.54) is 0 Å². The second-order valence-electron chi connectivity index (χ2n) is 4.14. The fourth-order valence-corrected chi connectivity index (χ4v) is 1.77. The van der Waals surface area contributed by atoms with Gasteiger partial charge in [0.25, 0.3) is 0 Å². The van der Waals surface area contributed by atoms with Crippen molar-refractivity contribution in [1.82, 2.24) is 10.6 Å². The summed E-state index contributed by atoms with van der Waals surface area (Å²) in [6.07, 6.45) is 0.428. The zero-order valence-corrected chi connectivity index (χ0v) is 12.4. The van der Waals surface area contributed by atoms with E-state index in [2.05, 4.69) is 10.6 Å². The van der Waals surface area contributed by atoms with E-state index in [4.69, 9.17) is 14.2 Å². The normalized spacial score (nSPS) is 10.0. The third-order valence-electron chi connectivity index (χ3n) is 2.88. The molecule has 0 aliphatic heterocycles. The van der Waals surface area contributed by atoms with Crippen LogP contribution in [0, 0.1) is 0 Å². The number of rotatable bonds is 8. The Labute approximate surface area is 119 Å². The number of ether oxygens (including phenoxy) is 3. The Morgan fingerprint density at radius 1 is 1.10 bits per heavy atom. The minimum atomic E-state index is -0.0284. The summed E-state index contributed by atoms with van der Waals surface area (Å²) >= 11 is 0. The molecular formula is C14H22N2O4. The Hall–Kier alpha value is -1.95. The number of carbonyl (C=O) groups excluding carboxylic acids is 1. The number of hydrogen-bond acceptors (Lipinski definition) is 5. The molecule has 6 nitrogen and oxygen atoms in total. The van der Waals surface area contributed by atoms with Crippen molar-refractivity contribution in [1.29, 1.82) is 0 Å². The minimum Gasteiger partial charge on any atom is -0.496 e. The fraction of sp³-hybridized carbons (Fsp3) is 0.500. The lowest BCUT2D eigenvalue weighted by Gasteiger charge is -2.15. The first-order valence-corrected chi connectivity index (χ1v) is 6.36. The quantitative estimate of drug-likeness (QED) is 0.742. The molecule has 0 radical (unpaired) electrons. The summed E-state index contributed by atoms with van der Waals surface area (Å²) in [5.74, 6) is 1.86. The fourth-order valence-electron chi connectivity index (χ4n) is 1.77. The van der Waals surface area contributed by atoms with Crippen molar-refractivity contribution in [2.24, 2.45) is 0 Å². The molecule has 20 heavy (non-hydrogen) atoms. The molecule has 0 aromatic heterocycles. The maximum atomic E-state index is 11.6. The summed E-state index contributed by atoms with van der Waals surface area (Å²) < 4.78 is 15.8. The molecule has 2 N–H and O–H groups in total. The molecule has 0 saturated heterocycles. The van der Waals surface area contributed by atoms with E-state index in [1.807, 2.05) is 7.05 Å². The van der Waals surface area contributed by atoms with Crippen LogP contribution < -0.4 is 24.8 Å². The molecule has 0 saturated carbocycles. The van der Waals surface area contributed by atoms with Crippen molar-refractivity contribution in [2.45, 2.75) is 13.0 Å². The molecule has 1 aromatic carbocycles. The smallest absolute Gasteiger partial charge is 0.221 e. The molecule has 1 amide bonds. The zero-order chi connectivity index (χ0) is 15.0. The van der Waals surface area contributed by atoms with Gasteiger partial charge in [-0.2, -0.15) is 0 Å². The van der Waals surface area contributed by atoms with Gasteiger partial charge in [0.2, 0.25) is 5.91 Å². The predicted octanol–water partition coefficient (Wildman–Crippen LogP) is 0.938. The van der Waals surface area contributed by atoms with Crippen LogP contribution in [0.15, 0.2) is 12.1 Å². The van der Waals surface area contributed by atoms with Gasteiger partial charge in [-0.3, -0.25) is 4.79 Å². The lowest BCUT2D eigenvalue weighted by molar-refractivity contribution is -0.121. The third-order valence-corrected chi connectivity index (χ3v) is 2.88. The summed E-state index contributed by atoms with van der Waals surface area (Å²) in [6, 6.07) is 3.52. The van der Waals surface area contributed by atoms with E-state index in [-0.39, 0.29) is 5.91 Å². The molecule has 0 aliphatic rings. The van der Waals surface area contributed by atoms with E-state index >= 15 is 0 Å². The first kappa shape index (κ1) is 16.1. The number of nitrogens with one attached hydrogen (secondary N) is 2. The summed E-state index contributed by atoms with van der Waals surface area (Å²) in [6.45, 7) is 0.988. The van der Waals surface area contributed by atoms with Crippen LogP contribution >= 0.6 is 0 Å². The molecule has 0 fully saturated rings. The van der Waals surface area contributed by atoms with Gasteiger partial charge in [0.15, 0.2) is 0 Å². The lowest BCUT2D eigenvalue weighted by Crippen LogP contribution is -2.26. The molecular weight excluding hydrogens is 260 g/mol. The van der Waals surface area contributed by atoms with Crippen LogP contribution in [0.25, 0.3) is 0 Å². The summed E-state index contributed by atoms with van der Waals surface area (Å²) in [5.41, 5.74) is 0.786. The zero-order valence-electron chi connectivity index (χ0n) is 12.4. The van der Waals surface area contributed by atoms with Crippen LogP contribution in [0.4, 0.5) is 0 Å². The highest BCUT2D eigenvalue weighted by atomic mass is 16.5. The van der Waals surface area contributed by atoms with Crippen molar-refractivity contribution in [3.63, 3.8) is 0 Å². The molecule has 112 valence electrons. The van der Waals surface area contributed by atoms with Crippen LogP contribution in [0.5, 0.6) is 17.2 Å². The lowest BCUT2D eigenvalue weighted by atomic mass is 10.1. The van der Waals surface area contributed by atoms with Crippen LogP contribution in [-0.2, 0) is 11.3 Å². The molecule has 0 bridgehead atoms. The topological polar surface area (TPSA) is 68.8 Å². The van der Waals surface area contributed by atoms with E-state index in [9.17, 15) is 4.79 Å². The number of benzene rings is 1. The number of methoxy groups -OCH3 is 3. The first-order chi connectivity index (χ1) is 9.65. The van der Waals surface area contributed by atoms with Crippen LogP contribution in [0.2, 0.25) is 0 Å². The van der Waals surface area contributed by atoms with Gasteiger partial charge in [-0.15, -0.1) is 0 Å². The average molecular weight is 282 g/mol. The van der Waals surface area contributed by atoms with Gasteiger partial charge in [0.1, 0.15) is 17.2 Å². The average Bonchev–Trinajstić information content (AvgIpc) is 2.49. The van der Waals surface area contributed by atoms with Gasteiger partial charge in [-0.05, 0) is 7.05 Å². The molecule has 0 aliphatic carbocycles. The monoisotopic (exact) mass is 282 g/mol. The Balaban J connectivity index is 2.84. The molecule has 1 rings (SSSR count). The number of carbonyl (C=O) groups is 1. The summed E-state index contributed by atoms with van der Waals surface area (Å²) in [4.78, 5) is 11.6. The number of hydrogen-bond donors (Lipinski definition) is 2. The van der Waals surface area contributed by atoms with Crippen molar-refractivity contribution in [3.8, 4) is 17.2 Å². The largest absolute Gasteiger partial charge is 0.496 e. The van der Waals surface area contributed by atoms with Crippen LogP contribution in [-0.4, -0.2) is 40.8 Å². The molecule has 0 atom stereocenters. The minimum absolute atomic E-state index is 0.0284. The Morgan fingerprint density at radius 3 is 2.15 bits per heavy atom. The molecule has 0 unspecified atom stereocenters. The van der Waals surface area contributed by atoms with Crippen molar-refractivity contribution in [3.05, 3.63) is 17.7 Å². The highest BCUT2D eigenvalue weighted by molar-refractivity contribution is 5.76. The molecule has 1 aromatic rings. The van der Waals surface area contributed by atoms with Crippen LogP contribution in [0.3, 0.4) is 0 Å². The second kappa shape index (κ2) is 8.27. The van der Waals surface area contributed by atoms with Gasteiger partial charge in [-0.25, -0.2) is 0 Å². The van der Waals surface area contributed by atoms with Crippen molar-refractivity contribution in [2.75, 3.05) is 34.9 Å². The SMILES string of the molecule is CNCCC(=O)NCc1c(OC)cc(OC)cc1OC. The van der Waals surface area contributed by atoms with Gasteiger partial charge >= 0.3 is 0 Å². The standard InChI is InChI=1S/C14H22N2O4/c1-15-6-5-14(17)16-9-11-12(19-3)7-10(18-2)8-13(11)20-4/h7-8,15H,5-6,9H2,1-4H3,(H,16,17). The maximum Gasteiger partial charge on any atom is 0.221 e. The Kier molecular flexibility index (Phi) is 6.66. The van der Waals surface area contributed by atoms with Gasteiger partial charge in [-0.1, -0.05) is 0 Å². The van der Waals surface area contributed by atoms with E-state index in [1.54, 1.807) is 33.5 Å². The molecule has 0 spiro atoms. The Morgan fingerprint density at radius 2 is 1.70 bits per heavy atom. The second-order valence-corrected chi connectivity index (χ2v) is 4.14. The predicted molar refractivity (Wildman–Crippen MR) is 76.5 cm³/mol. The maximum absolute atomic E-state index is 11.6. The highest BCUT2D eigenvalue weighted by Crippen LogP contribution is 2.33. The number of amides is 1. The van der Waals surface area contributed by atoms with E-state index in [0.29, 0.717) is 36.8 Å². The van der Waals surface area contributed by atoms with E-state index < -0.39 is 0 Å². The first-order valence-electron chi connectivity index (χ1n) is 6.36. The molecule has 0 heterocycles. The van der Waals surface area contributed by atoms with Gasteiger partial charge in [0, 0.05) is 25.1 Å². The van der Waals surface area contributed by atoms with Crippen LogP contribution in [0.1, 0.15) is 12.0 Å². The van der Waals surface area contributed by atoms with Crippen molar-refractivity contribution < 1.29 is 19.0 Å². The van der Waals surface area contributed by atoms with Gasteiger partial charge in [0.05, 0.1) is 33.4 Å². The highest BCUT2D eigenvalue weighted by Gasteiger charge is 2.14. The van der Waals surface area contributed by atoms with E-state index in [0.717, 1.165) is 5.56 Å². The van der Waals surface area contributed by atoms with Gasteiger partial charge < -0.3 is 24.8 Å². The third kappa shape index (κ3) is 4.31. The summed E-state index contributed by atoms with van der Waals surface area (Å²) in [7, 11) is 6.53.